The Kier molecular flexibility index (Phi) is 5.31. The summed E-state index contributed by atoms with van der Waals surface area (Å²) >= 11 is 12.0. The minimum absolute atomic E-state index is 0.133. The highest BCUT2D eigenvalue weighted by molar-refractivity contribution is 6.32. The molecule has 0 aliphatic carbocycles. The number of fused-ring (bicyclic) bond motifs is 1. The summed E-state index contributed by atoms with van der Waals surface area (Å²) in [6.45, 7) is 1.82. The smallest absolute Gasteiger partial charge is 0.277 e. The third kappa shape index (κ3) is 4.35. The summed E-state index contributed by atoms with van der Waals surface area (Å²) in [6.07, 6.45) is 1.46. The second kappa shape index (κ2) is 7.63. The molecule has 1 amide bonds. The van der Waals surface area contributed by atoms with Gasteiger partial charge in [0.2, 0.25) is 6.79 Å². The Morgan fingerprint density at radius 3 is 2.92 bits per heavy atom. The van der Waals surface area contributed by atoms with Gasteiger partial charge in [-0.25, -0.2) is 5.43 Å². The van der Waals surface area contributed by atoms with Crippen LogP contribution >= 0.6 is 23.2 Å². The van der Waals surface area contributed by atoms with E-state index in [1.165, 1.54) is 6.21 Å². The van der Waals surface area contributed by atoms with Crippen LogP contribution in [0.25, 0.3) is 0 Å². The standard InChI is InChI=1S/C17H14Cl2N2O4/c1-10-4-12(2-3-13(10)18)23-8-16(22)21-20-7-11-5-14(19)17-15(6-11)24-9-25-17/h2-7H,8-9H2,1H3,(H,21,22)/b20-7-. The fraction of sp³-hybridized carbons (Fsp3) is 0.176. The summed E-state index contributed by atoms with van der Waals surface area (Å²) in [5.74, 6) is 1.22. The number of hydrazone groups is 1. The number of nitrogens with zero attached hydrogens (tertiary/aromatic N) is 1. The maximum atomic E-state index is 11.8. The van der Waals surface area contributed by atoms with Crippen LogP contribution < -0.4 is 19.6 Å². The van der Waals surface area contributed by atoms with Crippen molar-refractivity contribution in [3.8, 4) is 17.2 Å². The number of carbonyl (C=O) groups excluding carboxylic acids is 1. The molecule has 130 valence electrons. The molecule has 1 aliphatic heterocycles. The van der Waals surface area contributed by atoms with Crippen molar-refractivity contribution in [3.05, 3.63) is 51.5 Å². The number of aryl methyl sites for hydroxylation is 1. The van der Waals surface area contributed by atoms with Crippen LogP contribution in [0, 0.1) is 6.92 Å². The number of carbonyl (C=O) groups is 1. The molecule has 2 aromatic carbocycles. The Morgan fingerprint density at radius 2 is 2.12 bits per heavy atom. The molecule has 0 aromatic heterocycles. The topological polar surface area (TPSA) is 69.2 Å². The second-order valence-electron chi connectivity index (χ2n) is 5.23. The van der Waals surface area contributed by atoms with Crippen molar-refractivity contribution < 1.29 is 19.0 Å². The Labute approximate surface area is 154 Å². The van der Waals surface area contributed by atoms with Gasteiger partial charge in [0.25, 0.3) is 5.91 Å². The Bertz CT molecular complexity index is 840. The van der Waals surface area contributed by atoms with Crippen LogP contribution in [0.15, 0.2) is 35.4 Å². The van der Waals surface area contributed by atoms with Crippen molar-refractivity contribution in [2.75, 3.05) is 13.4 Å². The van der Waals surface area contributed by atoms with E-state index in [0.29, 0.717) is 32.9 Å². The van der Waals surface area contributed by atoms with Crippen LogP contribution in [-0.4, -0.2) is 25.5 Å². The second-order valence-corrected chi connectivity index (χ2v) is 6.04. The van der Waals surface area contributed by atoms with E-state index < -0.39 is 5.91 Å². The third-order valence-corrected chi connectivity index (χ3v) is 4.06. The van der Waals surface area contributed by atoms with Crippen molar-refractivity contribution >= 4 is 35.3 Å². The summed E-state index contributed by atoms with van der Waals surface area (Å²) in [7, 11) is 0. The lowest BCUT2D eigenvalue weighted by Crippen LogP contribution is -2.24. The Balaban J connectivity index is 1.53. The molecule has 0 bridgehead atoms. The molecule has 0 atom stereocenters. The molecule has 0 unspecified atom stereocenters. The predicted molar refractivity (Wildman–Crippen MR) is 95.0 cm³/mol. The van der Waals surface area contributed by atoms with Crippen LogP contribution in [0.3, 0.4) is 0 Å². The lowest BCUT2D eigenvalue weighted by molar-refractivity contribution is -0.123. The van der Waals surface area contributed by atoms with E-state index in [1.54, 1.807) is 30.3 Å². The van der Waals surface area contributed by atoms with Crippen molar-refractivity contribution in [2.24, 2.45) is 5.10 Å². The van der Waals surface area contributed by atoms with Gasteiger partial charge in [0.05, 0.1) is 11.2 Å². The molecular weight excluding hydrogens is 367 g/mol. The number of hydrogen-bond donors (Lipinski definition) is 1. The molecule has 3 rings (SSSR count). The van der Waals surface area contributed by atoms with Crippen molar-refractivity contribution in [2.45, 2.75) is 6.92 Å². The summed E-state index contributed by atoms with van der Waals surface area (Å²) in [5.41, 5.74) is 3.92. The molecule has 0 fully saturated rings. The SMILES string of the molecule is Cc1cc(OCC(=O)N/N=C\c2cc(Cl)c3c(c2)OCO3)ccc1Cl. The van der Waals surface area contributed by atoms with E-state index in [9.17, 15) is 4.79 Å². The highest BCUT2D eigenvalue weighted by Crippen LogP contribution is 2.39. The van der Waals surface area contributed by atoms with Gasteiger partial charge >= 0.3 is 0 Å². The number of benzene rings is 2. The van der Waals surface area contributed by atoms with Crippen LogP contribution in [0.4, 0.5) is 0 Å². The predicted octanol–water partition coefficient (Wildman–Crippen LogP) is 3.56. The zero-order valence-electron chi connectivity index (χ0n) is 13.2. The number of nitrogens with one attached hydrogen (secondary N) is 1. The van der Waals surface area contributed by atoms with Gasteiger partial charge in [-0.1, -0.05) is 23.2 Å². The molecular formula is C17H14Cl2N2O4. The van der Waals surface area contributed by atoms with Crippen molar-refractivity contribution in [1.82, 2.24) is 5.43 Å². The van der Waals surface area contributed by atoms with E-state index in [1.807, 2.05) is 6.92 Å². The van der Waals surface area contributed by atoms with E-state index >= 15 is 0 Å². The van der Waals surface area contributed by atoms with Crippen LogP contribution in [-0.2, 0) is 4.79 Å². The lowest BCUT2D eigenvalue weighted by atomic mass is 10.2. The van der Waals surface area contributed by atoms with Crippen molar-refractivity contribution in [3.63, 3.8) is 0 Å². The van der Waals surface area contributed by atoms with Gasteiger partial charge < -0.3 is 14.2 Å². The average molecular weight is 381 g/mol. The highest BCUT2D eigenvalue weighted by atomic mass is 35.5. The number of ether oxygens (including phenoxy) is 3. The van der Waals surface area contributed by atoms with Crippen LogP contribution in [0.5, 0.6) is 17.2 Å². The Hall–Kier alpha value is -2.44. The van der Waals surface area contributed by atoms with Gasteiger partial charge in [-0.05, 0) is 48.4 Å². The van der Waals surface area contributed by atoms with Gasteiger partial charge in [0.15, 0.2) is 18.1 Å². The molecule has 2 aromatic rings. The number of rotatable bonds is 5. The first-order valence-electron chi connectivity index (χ1n) is 7.33. The molecule has 0 radical (unpaired) electrons. The molecule has 8 heteroatoms. The average Bonchev–Trinajstić information content (AvgIpc) is 3.05. The molecule has 1 heterocycles. The molecule has 0 saturated heterocycles. The van der Waals surface area contributed by atoms with E-state index in [4.69, 9.17) is 37.4 Å². The normalized spacial score (nSPS) is 12.4. The summed E-state index contributed by atoms with van der Waals surface area (Å²) in [5, 5.41) is 4.93. The van der Waals surface area contributed by atoms with Gasteiger partial charge in [-0.3, -0.25) is 4.79 Å². The lowest BCUT2D eigenvalue weighted by Gasteiger charge is -2.06. The number of hydrogen-bond acceptors (Lipinski definition) is 5. The maximum absolute atomic E-state index is 11.8. The monoisotopic (exact) mass is 380 g/mol. The first-order chi connectivity index (χ1) is 12.0. The molecule has 0 saturated carbocycles. The zero-order chi connectivity index (χ0) is 17.8. The summed E-state index contributed by atoms with van der Waals surface area (Å²) in [6, 6.07) is 8.55. The molecule has 6 nitrogen and oxygen atoms in total. The van der Waals surface area contributed by atoms with E-state index in [2.05, 4.69) is 10.5 Å². The van der Waals surface area contributed by atoms with Crippen LogP contribution in [0.2, 0.25) is 10.0 Å². The molecule has 1 aliphatic rings. The fourth-order valence-electron chi connectivity index (χ4n) is 2.13. The largest absolute Gasteiger partial charge is 0.484 e. The summed E-state index contributed by atoms with van der Waals surface area (Å²) < 4.78 is 15.9. The molecule has 0 spiro atoms. The number of amides is 1. The first kappa shape index (κ1) is 17.4. The van der Waals surface area contributed by atoms with Gasteiger partial charge in [-0.2, -0.15) is 5.10 Å². The van der Waals surface area contributed by atoms with Crippen LogP contribution in [0.1, 0.15) is 11.1 Å². The van der Waals surface area contributed by atoms with Gasteiger partial charge in [0.1, 0.15) is 5.75 Å². The van der Waals surface area contributed by atoms with Gasteiger partial charge in [-0.15, -0.1) is 0 Å². The number of halogens is 2. The Morgan fingerprint density at radius 1 is 1.28 bits per heavy atom. The first-order valence-corrected chi connectivity index (χ1v) is 8.08. The summed E-state index contributed by atoms with van der Waals surface area (Å²) in [4.78, 5) is 11.8. The van der Waals surface area contributed by atoms with E-state index in [0.717, 1.165) is 5.56 Å². The quantitative estimate of drug-likeness (QED) is 0.635. The third-order valence-electron chi connectivity index (χ3n) is 3.35. The maximum Gasteiger partial charge on any atom is 0.277 e. The fourth-order valence-corrected chi connectivity index (χ4v) is 2.52. The van der Waals surface area contributed by atoms with E-state index in [-0.39, 0.29) is 13.4 Å². The minimum Gasteiger partial charge on any atom is -0.484 e. The minimum atomic E-state index is -0.393. The molecule has 25 heavy (non-hydrogen) atoms. The molecule has 1 N–H and O–H groups in total. The zero-order valence-corrected chi connectivity index (χ0v) is 14.7. The van der Waals surface area contributed by atoms with Gasteiger partial charge in [0, 0.05) is 5.02 Å². The van der Waals surface area contributed by atoms with Crippen molar-refractivity contribution in [1.29, 1.82) is 0 Å². The highest BCUT2D eigenvalue weighted by Gasteiger charge is 2.17.